The van der Waals surface area contributed by atoms with Gasteiger partial charge in [-0.1, -0.05) is 30.8 Å². The van der Waals surface area contributed by atoms with Crippen LogP contribution in [0.15, 0.2) is 34.3 Å². The quantitative estimate of drug-likeness (QED) is 0.288. The van der Waals surface area contributed by atoms with E-state index in [1.165, 1.54) is 6.21 Å². The maximum Gasteiger partial charge on any atom is 0.0744 e. The predicted molar refractivity (Wildman–Crippen MR) is 49.8 cm³/mol. The van der Waals surface area contributed by atoms with Crippen molar-refractivity contribution in [2.24, 2.45) is 5.16 Å². The highest BCUT2D eigenvalue weighted by Gasteiger charge is 1.90. The lowest BCUT2D eigenvalue weighted by Crippen LogP contribution is -1.81. The predicted octanol–water partition coefficient (Wildman–Crippen LogP) is 2.42. The molecule has 1 N–H and O–H groups in total. The third kappa shape index (κ3) is 2.63. The molecule has 0 atom stereocenters. The van der Waals surface area contributed by atoms with Gasteiger partial charge >= 0.3 is 0 Å². The fraction of sp³-hybridized carbons (Fsp3) is 0.125. The first-order chi connectivity index (χ1) is 4.84. The van der Waals surface area contributed by atoms with Crippen molar-refractivity contribution < 1.29 is 5.21 Å². The zero-order valence-corrected chi connectivity index (χ0v) is 6.12. The third-order valence-corrected chi connectivity index (χ3v) is 1.54. The van der Waals surface area contributed by atoms with Gasteiger partial charge in [-0.3, -0.25) is 0 Å². The Morgan fingerprint density at radius 2 is 2.00 bits per heavy atom. The second kappa shape index (κ2) is 4.79. The van der Waals surface area contributed by atoms with Gasteiger partial charge in [0.1, 0.15) is 0 Å². The average molecular weight is 169 g/mol. The van der Waals surface area contributed by atoms with E-state index in [4.69, 9.17) is 5.21 Å². The molecule has 0 unspecified atom stereocenters. The van der Waals surface area contributed by atoms with Gasteiger partial charge < -0.3 is 5.21 Å². The summed E-state index contributed by atoms with van der Waals surface area (Å²) in [5.74, 6) is 0. The van der Waals surface area contributed by atoms with Crippen molar-refractivity contribution in [2.75, 3.05) is 0 Å². The molecule has 3 heteroatoms. The van der Waals surface area contributed by atoms with E-state index in [9.17, 15) is 0 Å². The SMILES string of the molecule is C.ON=Cc1ccccc1S. The first-order valence-electron chi connectivity index (χ1n) is 2.80. The van der Waals surface area contributed by atoms with E-state index in [0.717, 1.165) is 10.5 Å². The summed E-state index contributed by atoms with van der Waals surface area (Å²) in [6.45, 7) is 0. The van der Waals surface area contributed by atoms with Crippen molar-refractivity contribution in [2.45, 2.75) is 12.3 Å². The molecular formula is C8H11NOS. The maximum absolute atomic E-state index is 8.18. The smallest absolute Gasteiger partial charge is 0.0744 e. The lowest BCUT2D eigenvalue weighted by molar-refractivity contribution is 0.322. The van der Waals surface area contributed by atoms with Gasteiger partial charge in [0.25, 0.3) is 0 Å². The Morgan fingerprint density at radius 1 is 1.36 bits per heavy atom. The van der Waals surface area contributed by atoms with Crippen molar-refractivity contribution in [3.05, 3.63) is 29.8 Å². The van der Waals surface area contributed by atoms with E-state index < -0.39 is 0 Å². The number of oxime groups is 1. The molecule has 0 spiro atoms. The number of rotatable bonds is 1. The van der Waals surface area contributed by atoms with Gasteiger partial charge in [-0.25, -0.2) is 0 Å². The highest BCUT2D eigenvalue weighted by atomic mass is 32.1. The summed E-state index contributed by atoms with van der Waals surface area (Å²) in [6.07, 6.45) is 1.35. The summed E-state index contributed by atoms with van der Waals surface area (Å²) in [7, 11) is 0. The van der Waals surface area contributed by atoms with E-state index in [-0.39, 0.29) is 7.43 Å². The molecule has 0 heterocycles. The molecule has 1 aromatic rings. The highest BCUT2D eigenvalue weighted by molar-refractivity contribution is 7.80. The summed E-state index contributed by atoms with van der Waals surface area (Å²) in [6, 6.07) is 7.38. The minimum Gasteiger partial charge on any atom is -0.411 e. The van der Waals surface area contributed by atoms with E-state index in [2.05, 4.69) is 17.8 Å². The van der Waals surface area contributed by atoms with Crippen LogP contribution in [0.2, 0.25) is 0 Å². The van der Waals surface area contributed by atoms with Crippen LogP contribution in [0.4, 0.5) is 0 Å². The molecule has 0 aliphatic heterocycles. The molecule has 0 fully saturated rings. The Hall–Kier alpha value is -0.960. The van der Waals surface area contributed by atoms with Crippen LogP contribution in [0.25, 0.3) is 0 Å². The molecule has 0 amide bonds. The Morgan fingerprint density at radius 3 is 2.55 bits per heavy atom. The van der Waals surface area contributed by atoms with Gasteiger partial charge in [0.15, 0.2) is 0 Å². The molecule has 0 bridgehead atoms. The lowest BCUT2D eigenvalue weighted by Gasteiger charge is -1.93. The van der Waals surface area contributed by atoms with Crippen LogP contribution in [-0.2, 0) is 0 Å². The van der Waals surface area contributed by atoms with E-state index in [1.54, 1.807) is 0 Å². The van der Waals surface area contributed by atoms with Crippen LogP contribution in [0, 0.1) is 0 Å². The van der Waals surface area contributed by atoms with Crippen LogP contribution >= 0.6 is 12.6 Å². The van der Waals surface area contributed by atoms with Crippen molar-refractivity contribution in [3.63, 3.8) is 0 Å². The second-order valence-corrected chi connectivity index (χ2v) is 2.29. The number of benzene rings is 1. The van der Waals surface area contributed by atoms with E-state index in [0.29, 0.717) is 0 Å². The molecule has 0 aliphatic rings. The second-order valence-electron chi connectivity index (χ2n) is 1.80. The number of thiol groups is 1. The monoisotopic (exact) mass is 169 g/mol. The molecule has 1 rings (SSSR count). The van der Waals surface area contributed by atoms with E-state index in [1.807, 2.05) is 24.3 Å². The molecule has 0 radical (unpaired) electrons. The minimum absolute atomic E-state index is 0. The zero-order chi connectivity index (χ0) is 7.40. The van der Waals surface area contributed by atoms with Crippen LogP contribution in [-0.4, -0.2) is 11.4 Å². The van der Waals surface area contributed by atoms with Gasteiger partial charge in [-0.2, -0.15) is 0 Å². The molecule has 0 saturated carbocycles. The first-order valence-corrected chi connectivity index (χ1v) is 3.25. The molecular weight excluding hydrogens is 158 g/mol. The number of hydrogen-bond donors (Lipinski definition) is 2. The molecule has 11 heavy (non-hydrogen) atoms. The van der Waals surface area contributed by atoms with Crippen LogP contribution < -0.4 is 0 Å². The van der Waals surface area contributed by atoms with Gasteiger partial charge in [-0.15, -0.1) is 12.6 Å². The summed E-state index contributed by atoms with van der Waals surface area (Å²) >= 11 is 4.13. The fourth-order valence-corrected chi connectivity index (χ4v) is 0.877. The Labute approximate surface area is 72.0 Å². The van der Waals surface area contributed by atoms with Gasteiger partial charge in [0.05, 0.1) is 6.21 Å². The summed E-state index contributed by atoms with van der Waals surface area (Å²) < 4.78 is 0. The van der Waals surface area contributed by atoms with Crippen LogP contribution in [0.3, 0.4) is 0 Å². The lowest BCUT2D eigenvalue weighted by atomic mass is 10.2. The van der Waals surface area contributed by atoms with Gasteiger partial charge in [0, 0.05) is 10.5 Å². The summed E-state index contributed by atoms with van der Waals surface area (Å²) in [5.41, 5.74) is 0.813. The average Bonchev–Trinajstić information content (AvgIpc) is 1.94. The largest absolute Gasteiger partial charge is 0.411 e. The molecule has 0 saturated heterocycles. The third-order valence-electron chi connectivity index (χ3n) is 1.13. The normalized spacial score (nSPS) is 9.55. The van der Waals surface area contributed by atoms with Crippen LogP contribution in [0.1, 0.15) is 13.0 Å². The van der Waals surface area contributed by atoms with Gasteiger partial charge in [-0.05, 0) is 6.07 Å². The number of nitrogens with zero attached hydrogens (tertiary/aromatic N) is 1. The molecule has 0 aromatic heterocycles. The van der Waals surface area contributed by atoms with Crippen molar-refractivity contribution in [1.29, 1.82) is 0 Å². The zero-order valence-electron chi connectivity index (χ0n) is 5.23. The highest BCUT2D eigenvalue weighted by Crippen LogP contribution is 2.09. The van der Waals surface area contributed by atoms with Crippen molar-refractivity contribution >= 4 is 18.8 Å². The Balaban J connectivity index is 0.000001000. The topological polar surface area (TPSA) is 32.6 Å². The molecule has 0 aliphatic carbocycles. The first kappa shape index (κ1) is 10.0. The Bertz CT molecular complexity index is 248. The number of hydrogen-bond acceptors (Lipinski definition) is 3. The van der Waals surface area contributed by atoms with Crippen LogP contribution in [0.5, 0.6) is 0 Å². The summed E-state index contributed by atoms with van der Waals surface area (Å²) in [5, 5.41) is 11.1. The van der Waals surface area contributed by atoms with Crippen molar-refractivity contribution in [1.82, 2.24) is 0 Å². The molecule has 1 aromatic carbocycles. The molecule has 2 nitrogen and oxygen atoms in total. The van der Waals surface area contributed by atoms with Gasteiger partial charge in [0.2, 0.25) is 0 Å². The molecule has 60 valence electrons. The van der Waals surface area contributed by atoms with Crippen molar-refractivity contribution in [3.8, 4) is 0 Å². The fourth-order valence-electron chi connectivity index (χ4n) is 0.659. The minimum atomic E-state index is 0. The standard InChI is InChI=1S/C7H7NOS.CH4/c9-8-5-6-3-1-2-4-7(6)10;/h1-5,9-10H;1H4. The Kier molecular flexibility index (Phi) is 4.38. The van der Waals surface area contributed by atoms with E-state index >= 15 is 0 Å². The maximum atomic E-state index is 8.18. The summed E-state index contributed by atoms with van der Waals surface area (Å²) in [4.78, 5) is 0.806.